The molecular weight excluding hydrogens is 307 g/mol. The van der Waals surface area contributed by atoms with Crippen molar-refractivity contribution in [3.05, 3.63) is 58.1 Å². The second-order valence-corrected chi connectivity index (χ2v) is 5.50. The zero-order chi connectivity index (χ0) is 15.0. The predicted octanol–water partition coefficient (Wildman–Crippen LogP) is 5.21. The molecule has 5 heteroatoms. The summed E-state index contributed by atoms with van der Waals surface area (Å²) in [6, 6.07) is 13.2. The molecule has 0 aliphatic rings. The highest BCUT2D eigenvalue weighted by Gasteiger charge is 2.22. The number of hydrogen-bond acceptors (Lipinski definition) is 3. The standard InChI is InChI=1S/C16H12Cl2N2O/c1-9-5-2-3-6-10(9)13-15(20-21-16(13)19)14-11(17)7-4-8-12(14)18/h2-8H,19H2,1H3. The Bertz CT molecular complexity index is 792. The van der Waals surface area contributed by atoms with E-state index < -0.39 is 0 Å². The monoisotopic (exact) mass is 318 g/mol. The normalized spacial score (nSPS) is 10.8. The molecule has 0 fully saturated rings. The van der Waals surface area contributed by atoms with Crippen molar-refractivity contribution in [3.8, 4) is 22.4 Å². The van der Waals surface area contributed by atoms with Crippen LogP contribution in [0, 0.1) is 6.92 Å². The molecule has 3 rings (SSSR count). The lowest BCUT2D eigenvalue weighted by Crippen LogP contribution is -1.91. The van der Waals surface area contributed by atoms with Crippen molar-refractivity contribution < 1.29 is 4.52 Å². The molecule has 2 N–H and O–H groups in total. The van der Waals surface area contributed by atoms with Gasteiger partial charge < -0.3 is 10.3 Å². The van der Waals surface area contributed by atoms with E-state index in [-0.39, 0.29) is 5.88 Å². The Balaban J connectivity index is 2.31. The molecule has 0 bridgehead atoms. The third-order valence-corrected chi connectivity index (χ3v) is 3.96. The van der Waals surface area contributed by atoms with Crippen LogP contribution in [0.2, 0.25) is 10.0 Å². The Hall–Kier alpha value is -1.97. The fourth-order valence-electron chi connectivity index (χ4n) is 2.31. The first kappa shape index (κ1) is 14.0. The van der Waals surface area contributed by atoms with E-state index in [2.05, 4.69) is 5.16 Å². The van der Waals surface area contributed by atoms with Crippen molar-refractivity contribution in [3.63, 3.8) is 0 Å². The van der Waals surface area contributed by atoms with Gasteiger partial charge in [0.25, 0.3) is 0 Å². The molecule has 0 aliphatic heterocycles. The van der Waals surface area contributed by atoms with E-state index in [1.807, 2.05) is 31.2 Å². The molecule has 0 aliphatic carbocycles. The van der Waals surface area contributed by atoms with Crippen LogP contribution >= 0.6 is 23.2 Å². The number of hydrogen-bond donors (Lipinski definition) is 1. The van der Waals surface area contributed by atoms with E-state index in [0.717, 1.165) is 11.1 Å². The van der Waals surface area contributed by atoms with Gasteiger partial charge in [0.05, 0.1) is 15.6 Å². The molecule has 0 amide bonds. The van der Waals surface area contributed by atoms with Crippen LogP contribution in [0.4, 0.5) is 5.88 Å². The first-order valence-corrected chi connectivity index (χ1v) is 7.10. The minimum Gasteiger partial charge on any atom is -0.367 e. The average molecular weight is 319 g/mol. The number of nitrogen functional groups attached to an aromatic ring is 1. The van der Waals surface area contributed by atoms with Crippen LogP contribution in [0.25, 0.3) is 22.4 Å². The molecule has 106 valence electrons. The van der Waals surface area contributed by atoms with Gasteiger partial charge in [-0.05, 0) is 30.2 Å². The van der Waals surface area contributed by atoms with Gasteiger partial charge in [0.1, 0.15) is 5.69 Å². The van der Waals surface area contributed by atoms with Crippen LogP contribution in [0.3, 0.4) is 0 Å². The van der Waals surface area contributed by atoms with Gasteiger partial charge in [-0.1, -0.05) is 58.7 Å². The van der Waals surface area contributed by atoms with Crippen molar-refractivity contribution in [1.82, 2.24) is 5.16 Å². The summed E-state index contributed by atoms with van der Waals surface area (Å²) < 4.78 is 5.18. The highest BCUT2D eigenvalue weighted by atomic mass is 35.5. The molecule has 1 aromatic heterocycles. The Morgan fingerprint density at radius 3 is 2.29 bits per heavy atom. The predicted molar refractivity (Wildman–Crippen MR) is 86.5 cm³/mol. The van der Waals surface area contributed by atoms with Crippen LogP contribution in [0.15, 0.2) is 47.0 Å². The lowest BCUT2D eigenvalue weighted by molar-refractivity contribution is 0.439. The average Bonchev–Trinajstić information content (AvgIpc) is 2.81. The second kappa shape index (κ2) is 5.43. The van der Waals surface area contributed by atoms with Gasteiger partial charge in [0.15, 0.2) is 0 Å². The Morgan fingerprint density at radius 2 is 1.62 bits per heavy atom. The molecule has 21 heavy (non-hydrogen) atoms. The first-order valence-electron chi connectivity index (χ1n) is 6.35. The number of benzene rings is 2. The number of aryl methyl sites for hydroxylation is 1. The topological polar surface area (TPSA) is 52.0 Å². The summed E-state index contributed by atoms with van der Waals surface area (Å²) in [6.45, 7) is 2.00. The number of rotatable bonds is 2. The van der Waals surface area contributed by atoms with Gasteiger partial charge in [0.2, 0.25) is 5.88 Å². The number of nitrogens with zero attached hydrogens (tertiary/aromatic N) is 1. The molecule has 2 aromatic carbocycles. The molecule has 0 radical (unpaired) electrons. The quantitative estimate of drug-likeness (QED) is 0.706. The maximum absolute atomic E-state index is 6.27. The van der Waals surface area contributed by atoms with Crippen molar-refractivity contribution in [2.45, 2.75) is 6.92 Å². The summed E-state index contributed by atoms with van der Waals surface area (Å²) in [4.78, 5) is 0. The van der Waals surface area contributed by atoms with Gasteiger partial charge in [0, 0.05) is 5.56 Å². The molecule has 0 saturated heterocycles. The number of aromatic nitrogens is 1. The number of anilines is 1. The highest BCUT2D eigenvalue weighted by Crippen LogP contribution is 2.42. The van der Waals surface area contributed by atoms with E-state index in [9.17, 15) is 0 Å². The minimum absolute atomic E-state index is 0.246. The maximum atomic E-state index is 6.27. The highest BCUT2D eigenvalue weighted by molar-refractivity contribution is 6.39. The van der Waals surface area contributed by atoms with E-state index in [4.69, 9.17) is 33.5 Å². The van der Waals surface area contributed by atoms with Crippen LogP contribution in [-0.4, -0.2) is 5.16 Å². The van der Waals surface area contributed by atoms with E-state index in [1.54, 1.807) is 18.2 Å². The summed E-state index contributed by atoms with van der Waals surface area (Å²) >= 11 is 12.5. The van der Waals surface area contributed by atoms with Crippen molar-refractivity contribution in [1.29, 1.82) is 0 Å². The van der Waals surface area contributed by atoms with Crippen molar-refractivity contribution in [2.75, 3.05) is 5.73 Å². The molecule has 0 atom stereocenters. The smallest absolute Gasteiger partial charge is 0.230 e. The third-order valence-electron chi connectivity index (χ3n) is 3.33. The molecule has 0 unspecified atom stereocenters. The van der Waals surface area contributed by atoms with Gasteiger partial charge in [-0.2, -0.15) is 0 Å². The van der Waals surface area contributed by atoms with Gasteiger partial charge in [-0.25, -0.2) is 0 Å². The van der Waals surface area contributed by atoms with Crippen molar-refractivity contribution >= 4 is 29.1 Å². The van der Waals surface area contributed by atoms with Crippen LogP contribution in [0.5, 0.6) is 0 Å². The molecule has 3 nitrogen and oxygen atoms in total. The van der Waals surface area contributed by atoms with Crippen LogP contribution in [-0.2, 0) is 0 Å². The zero-order valence-corrected chi connectivity index (χ0v) is 12.7. The summed E-state index contributed by atoms with van der Waals surface area (Å²) in [6.07, 6.45) is 0. The molecule has 0 saturated carbocycles. The molecular formula is C16H12Cl2N2O. The second-order valence-electron chi connectivity index (χ2n) is 4.68. The zero-order valence-electron chi connectivity index (χ0n) is 11.2. The van der Waals surface area contributed by atoms with E-state index in [0.29, 0.717) is 26.9 Å². The fraction of sp³-hybridized carbons (Fsp3) is 0.0625. The number of nitrogens with two attached hydrogens (primary N) is 1. The summed E-state index contributed by atoms with van der Waals surface area (Å²) in [7, 11) is 0. The Kier molecular flexibility index (Phi) is 3.62. The van der Waals surface area contributed by atoms with E-state index >= 15 is 0 Å². The molecule has 3 aromatic rings. The number of halogens is 2. The summed E-state index contributed by atoms with van der Waals surface area (Å²) in [5.41, 5.74) is 9.87. The fourth-order valence-corrected chi connectivity index (χ4v) is 2.89. The molecule has 0 spiro atoms. The SMILES string of the molecule is Cc1ccccc1-c1c(-c2c(Cl)cccc2Cl)noc1N. The largest absolute Gasteiger partial charge is 0.367 e. The minimum atomic E-state index is 0.246. The van der Waals surface area contributed by atoms with Crippen molar-refractivity contribution in [2.24, 2.45) is 0 Å². The summed E-state index contributed by atoms with van der Waals surface area (Å²) in [5.74, 6) is 0.246. The molecule has 1 heterocycles. The van der Waals surface area contributed by atoms with Gasteiger partial charge in [-0.15, -0.1) is 0 Å². The lowest BCUT2D eigenvalue weighted by atomic mass is 9.97. The van der Waals surface area contributed by atoms with E-state index in [1.165, 1.54) is 0 Å². The Morgan fingerprint density at radius 1 is 0.952 bits per heavy atom. The third kappa shape index (κ3) is 2.39. The van der Waals surface area contributed by atoms with Gasteiger partial charge in [-0.3, -0.25) is 0 Å². The Labute approximate surface area is 132 Å². The summed E-state index contributed by atoms with van der Waals surface area (Å²) in [5, 5.41) is 5.07. The first-order chi connectivity index (χ1) is 10.1. The van der Waals surface area contributed by atoms with Crippen LogP contribution < -0.4 is 5.73 Å². The maximum Gasteiger partial charge on any atom is 0.230 e. The van der Waals surface area contributed by atoms with Crippen LogP contribution in [0.1, 0.15) is 5.56 Å². The lowest BCUT2D eigenvalue weighted by Gasteiger charge is -2.08. The van der Waals surface area contributed by atoms with Gasteiger partial charge >= 0.3 is 0 Å².